The molecule has 0 saturated carbocycles. The summed E-state index contributed by atoms with van der Waals surface area (Å²) in [6, 6.07) is 39.7. The average Bonchev–Trinajstić information content (AvgIpc) is 3.43. The van der Waals surface area contributed by atoms with Gasteiger partial charge in [-0.15, -0.1) is 0 Å². The minimum atomic E-state index is -0.134. The van der Waals surface area contributed by atoms with Crippen LogP contribution < -0.4 is 0 Å². The van der Waals surface area contributed by atoms with Gasteiger partial charge in [0.2, 0.25) is 0 Å². The summed E-state index contributed by atoms with van der Waals surface area (Å²) in [5, 5.41) is 7.79. The zero-order valence-electron chi connectivity index (χ0n) is 20.3. The Morgan fingerprint density at radius 1 is 0.583 bits per heavy atom. The molecule has 36 heavy (non-hydrogen) atoms. The van der Waals surface area contributed by atoms with Gasteiger partial charge in [-0.1, -0.05) is 91.0 Å². The molecule has 2 nitrogen and oxygen atoms in total. The summed E-state index contributed by atoms with van der Waals surface area (Å²) in [6.07, 6.45) is 0. The van der Waals surface area contributed by atoms with Crippen molar-refractivity contribution in [3.8, 4) is 16.8 Å². The van der Waals surface area contributed by atoms with Gasteiger partial charge in [0, 0.05) is 5.56 Å². The normalized spacial score (nSPS) is 14.1. The van der Waals surface area contributed by atoms with E-state index in [1.165, 1.54) is 60.2 Å². The second-order valence-corrected chi connectivity index (χ2v) is 10.4. The Morgan fingerprint density at radius 3 is 1.92 bits per heavy atom. The quantitative estimate of drug-likeness (QED) is 0.224. The molecule has 2 heteroatoms. The van der Waals surface area contributed by atoms with Crippen molar-refractivity contribution in [2.75, 3.05) is 0 Å². The minimum Gasteiger partial charge on any atom is -0.295 e. The van der Waals surface area contributed by atoms with Crippen molar-refractivity contribution in [3.63, 3.8) is 0 Å². The molecule has 0 unspecified atom stereocenters. The Labute approximate surface area is 209 Å². The summed E-state index contributed by atoms with van der Waals surface area (Å²) in [5.41, 5.74) is 7.07. The molecule has 0 fully saturated rings. The molecule has 0 bridgehead atoms. The fraction of sp³-hybridized carbons (Fsp3) is 0.0882. The van der Waals surface area contributed by atoms with E-state index in [9.17, 15) is 0 Å². The zero-order valence-corrected chi connectivity index (χ0v) is 20.3. The second kappa shape index (κ2) is 6.83. The lowest BCUT2D eigenvalue weighted by Gasteiger charge is -2.17. The van der Waals surface area contributed by atoms with Crippen LogP contribution in [0.2, 0.25) is 0 Å². The first-order valence-corrected chi connectivity index (χ1v) is 12.6. The van der Waals surface area contributed by atoms with E-state index in [2.05, 4.69) is 128 Å². The number of para-hydroxylation sites is 2. The molecule has 1 aliphatic rings. The van der Waals surface area contributed by atoms with E-state index in [1.54, 1.807) is 0 Å². The summed E-state index contributed by atoms with van der Waals surface area (Å²) < 4.78 is 2.36. The number of hydrogen-bond donors (Lipinski definition) is 0. The van der Waals surface area contributed by atoms with E-state index in [-0.39, 0.29) is 5.41 Å². The van der Waals surface area contributed by atoms with E-state index < -0.39 is 0 Å². The predicted molar refractivity (Wildman–Crippen MR) is 151 cm³/mol. The van der Waals surface area contributed by atoms with Gasteiger partial charge in [-0.2, -0.15) is 0 Å². The maximum Gasteiger partial charge on any atom is 0.124 e. The van der Waals surface area contributed by atoms with Crippen molar-refractivity contribution in [2.45, 2.75) is 19.3 Å². The fourth-order valence-corrected chi connectivity index (χ4v) is 6.39. The third-order valence-electron chi connectivity index (χ3n) is 8.12. The van der Waals surface area contributed by atoms with Crippen molar-refractivity contribution < 1.29 is 0 Å². The molecule has 0 amide bonds. The maximum absolute atomic E-state index is 5.29. The van der Waals surface area contributed by atoms with Gasteiger partial charge in [-0.3, -0.25) is 4.57 Å². The predicted octanol–water partition coefficient (Wildman–Crippen LogP) is 8.79. The highest BCUT2D eigenvalue weighted by Crippen LogP contribution is 2.46. The largest absolute Gasteiger partial charge is 0.295 e. The van der Waals surface area contributed by atoms with E-state index >= 15 is 0 Å². The topological polar surface area (TPSA) is 17.8 Å². The third kappa shape index (κ3) is 2.43. The molecular formula is C34H24N2. The van der Waals surface area contributed by atoms with Crippen molar-refractivity contribution in [2.24, 2.45) is 0 Å². The molecule has 0 atom stereocenters. The molecule has 7 aromatic rings. The molecule has 0 N–H and O–H groups in total. The fourth-order valence-electron chi connectivity index (χ4n) is 6.39. The molecular weight excluding hydrogens is 436 g/mol. The highest BCUT2D eigenvalue weighted by molar-refractivity contribution is 6.25. The van der Waals surface area contributed by atoms with Crippen molar-refractivity contribution in [1.29, 1.82) is 0 Å². The summed E-state index contributed by atoms with van der Waals surface area (Å²) >= 11 is 0. The summed E-state index contributed by atoms with van der Waals surface area (Å²) in [4.78, 5) is 5.29. The lowest BCUT2D eigenvalue weighted by molar-refractivity contribution is 0.621. The molecule has 2 heterocycles. The number of hydrogen-bond acceptors (Lipinski definition) is 1. The zero-order chi connectivity index (χ0) is 24.0. The number of benzene rings is 6. The lowest BCUT2D eigenvalue weighted by Crippen LogP contribution is -2.16. The number of nitrogens with zero attached hydrogens (tertiary/aromatic N) is 2. The molecule has 6 aromatic carbocycles. The van der Waals surface area contributed by atoms with Gasteiger partial charge in [-0.25, -0.2) is 4.98 Å². The summed E-state index contributed by atoms with van der Waals surface area (Å²) in [7, 11) is 0. The monoisotopic (exact) mass is 460 g/mol. The smallest absolute Gasteiger partial charge is 0.124 e. The Bertz CT molecular complexity index is 1990. The van der Waals surface area contributed by atoms with Gasteiger partial charge >= 0.3 is 0 Å². The first kappa shape index (κ1) is 19.8. The second-order valence-electron chi connectivity index (χ2n) is 10.4. The highest BCUT2D eigenvalue weighted by atomic mass is 15.1. The molecule has 8 rings (SSSR count). The number of imidazole rings is 1. The molecule has 0 aliphatic carbocycles. The van der Waals surface area contributed by atoms with Gasteiger partial charge in [0.1, 0.15) is 5.82 Å². The molecule has 1 aliphatic heterocycles. The van der Waals surface area contributed by atoms with Gasteiger partial charge in [0.05, 0.1) is 22.1 Å². The highest BCUT2D eigenvalue weighted by Gasteiger charge is 2.38. The molecule has 0 saturated heterocycles. The molecule has 0 spiro atoms. The molecule has 0 radical (unpaired) electrons. The first-order chi connectivity index (χ1) is 17.6. The van der Waals surface area contributed by atoms with Gasteiger partial charge in [0.15, 0.2) is 0 Å². The number of aromatic nitrogens is 2. The molecule has 170 valence electrons. The van der Waals surface area contributed by atoms with Crippen LogP contribution >= 0.6 is 0 Å². The van der Waals surface area contributed by atoms with Crippen LogP contribution in [0.4, 0.5) is 0 Å². The van der Waals surface area contributed by atoms with E-state index in [0.717, 1.165) is 11.3 Å². The minimum absolute atomic E-state index is 0.134. The van der Waals surface area contributed by atoms with Crippen LogP contribution in [0, 0.1) is 0 Å². The van der Waals surface area contributed by atoms with Crippen LogP contribution in [0.25, 0.3) is 60.2 Å². The Hall–Kier alpha value is -4.43. The summed E-state index contributed by atoms with van der Waals surface area (Å²) in [6.45, 7) is 4.56. The van der Waals surface area contributed by atoms with E-state index in [1.807, 2.05) is 0 Å². The van der Waals surface area contributed by atoms with Gasteiger partial charge < -0.3 is 0 Å². The van der Waals surface area contributed by atoms with Crippen LogP contribution in [0.1, 0.15) is 25.2 Å². The Kier molecular flexibility index (Phi) is 3.76. The standard InChI is InChI=1S/C34H24N2/c1-34(2)29-15-7-8-16-30(29)36-31-17-9-14-22(32(31)35-33(34)36)21-18-19-27-25-12-4-3-10-23(25)24-11-5-6-13-26(24)28(27)20-21/h3-20H,1-2H3. The molecule has 1 aromatic heterocycles. The van der Waals surface area contributed by atoms with Crippen molar-refractivity contribution >= 4 is 43.4 Å². The van der Waals surface area contributed by atoms with Crippen LogP contribution in [-0.2, 0) is 5.41 Å². The van der Waals surface area contributed by atoms with Crippen LogP contribution in [0.5, 0.6) is 0 Å². The van der Waals surface area contributed by atoms with E-state index in [0.29, 0.717) is 0 Å². The van der Waals surface area contributed by atoms with Crippen LogP contribution in [0.3, 0.4) is 0 Å². The third-order valence-corrected chi connectivity index (χ3v) is 8.12. The Balaban J connectivity index is 1.44. The average molecular weight is 461 g/mol. The summed E-state index contributed by atoms with van der Waals surface area (Å²) in [5.74, 6) is 1.11. The van der Waals surface area contributed by atoms with Crippen LogP contribution in [0.15, 0.2) is 109 Å². The van der Waals surface area contributed by atoms with Crippen molar-refractivity contribution in [3.05, 3.63) is 121 Å². The van der Waals surface area contributed by atoms with Gasteiger partial charge in [-0.05, 0) is 75.5 Å². The van der Waals surface area contributed by atoms with Gasteiger partial charge in [0.25, 0.3) is 0 Å². The van der Waals surface area contributed by atoms with E-state index in [4.69, 9.17) is 4.98 Å². The maximum atomic E-state index is 5.29. The van der Waals surface area contributed by atoms with Crippen LogP contribution in [-0.4, -0.2) is 9.55 Å². The first-order valence-electron chi connectivity index (χ1n) is 12.6. The Morgan fingerprint density at radius 2 is 1.19 bits per heavy atom. The number of rotatable bonds is 1. The lowest BCUT2D eigenvalue weighted by atomic mass is 9.85. The number of fused-ring (bicyclic) bond motifs is 11. The van der Waals surface area contributed by atoms with Crippen molar-refractivity contribution in [1.82, 2.24) is 9.55 Å². The SMILES string of the molecule is CC1(C)c2ccccc2-n2c1nc1c(-c3ccc4c5ccccc5c5ccccc5c4c3)cccc12.